The number of carbonyl (C=O) groups is 2. The number of hydrogen-bond acceptors (Lipinski definition) is 4. The van der Waals surface area contributed by atoms with Crippen molar-refractivity contribution in [3.8, 4) is 0 Å². The van der Waals surface area contributed by atoms with Crippen molar-refractivity contribution in [2.24, 2.45) is 11.3 Å². The Balaban J connectivity index is 0.00000200. The highest BCUT2D eigenvalue weighted by atomic mass is 35.5. The number of carbonyl (C=O) groups excluding carboxylic acids is 2. The van der Waals surface area contributed by atoms with E-state index in [-0.39, 0.29) is 48.1 Å². The van der Waals surface area contributed by atoms with Crippen LogP contribution in [0.1, 0.15) is 75.0 Å². The minimum atomic E-state index is -0.188. The lowest BCUT2D eigenvalue weighted by Gasteiger charge is -2.38. The molecule has 1 spiro atoms. The summed E-state index contributed by atoms with van der Waals surface area (Å²) in [5.74, 6) is 0.724. The van der Waals surface area contributed by atoms with Crippen molar-refractivity contribution in [2.45, 2.75) is 70.4 Å². The topological polar surface area (TPSA) is 65.5 Å². The molecule has 0 bridgehead atoms. The average Bonchev–Trinajstić information content (AvgIpc) is 3.23. The first-order valence-electron chi connectivity index (χ1n) is 13.9. The summed E-state index contributed by atoms with van der Waals surface area (Å²) >= 11 is 0. The number of nitrogens with one attached hydrogen (secondary N) is 1. The first-order chi connectivity index (χ1) is 17.6. The van der Waals surface area contributed by atoms with E-state index < -0.39 is 0 Å². The second-order valence-electron chi connectivity index (χ2n) is 11.1. The number of piperidine rings is 1. The highest BCUT2D eigenvalue weighted by Crippen LogP contribution is 2.42. The number of nitrogens with zero attached hydrogens (tertiary/aromatic N) is 3. The molecule has 208 valence electrons. The van der Waals surface area contributed by atoms with Gasteiger partial charge in [-0.3, -0.25) is 14.6 Å². The van der Waals surface area contributed by atoms with Crippen molar-refractivity contribution in [3.05, 3.63) is 66.0 Å². The molecule has 5 rings (SSSR count). The van der Waals surface area contributed by atoms with Crippen LogP contribution in [0, 0.1) is 11.3 Å². The molecule has 1 atom stereocenters. The maximum atomic E-state index is 13.4. The molecule has 3 aliphatic rings. The quantitative estimate of drug-likeness (QED) is 0.458. The standard InChI is InChI=1S/C30H40N4O2.2ClH/c35-28(26-11-5-2-6-12-26)32-27(25-9-3-1-4-10-25)13-18-33-19-14-30(15-20-33)16-21-34(29(30)36)23-24-8-7-17-31-22-24;;/h1,3-4,7-10,17,22,26-27H,2,5-6,11-16,18-21,23H2,(H,32,35);2*1H. The molecule has 6 nitrogen and oxygen atoms in total. The maximum absolute atomic E-state index is 13.4. The van der Waals surface area contributed by atoms with Crippen LogP contribution in [0.2, 0.25) is 0 Å². The van der Waals surface area contributed by atoms with E-state index in [1.807, 2.05) is 29.3 Å². The molecular weight excluding hydrogens is 519 g/mol. The van der Waals surface area contributed by atoms with Crippen molar-refractivity contribution in [3.63, 3.8) is 0 Å². The molecule has 2 saturated heterocycles. The zero-order chi connectivity index (χ0) is 24.8. The molecule has 2 amide bonds. The lowest BCUT2D eigenvalue weighted by atomic mass is 9.77. The molecule has 3 heterocycles. The number of hydrogen-bond donors (Lipinski definition) is 1. The SMILES string of the molecule is Cl.Cl.O=C(NC(CCN1CCC2(CC1)CCN(Cc1cccnc1)C2=O)c1ccccc1)C1CCCCC1. The van der Waals surface area contributed by atoms with Crippen LogP contribution in [0.4, 0.5) is 0 Å². The molecule has 2 aliphatic heterocycles. The van der Waals surface area contributed by atoms with Gasteiger partial charge in [-0.2, -0.15) is 0 Å². The zero-order valence-electron chi connectivity index (χ0n) is 22.2. The van der Waals surface area contributed by atoms with Crippen LogP contribution in [0.25, 0.3) is 0 Å². The van der Waals surface area contributed by atoms with Gasteiger partial charge in [-0.1, -0.05) is 55.7 Å². The third-order valence-corrected chi connectivity index (χ3v) is 8.74. The molecule has 3 fully saturated rings. The molecule has 2 aromatic rings. The Hall–Kier alpha value is -2.15. The summed E-state index contributed by atoms with van der Waals surface area (Å²) in [6, 6.07) is 14.4. The number of pyridine rings is 1. The van der Waals surface area contributed by atoms with Crippen LogP contribution in [0.3, 0.4) is 0 Å². The van der Waals surface area contributed by atoms with E-state index in [2.05, 4.69) is 39.5 Å². The second-order valence-corrected chi connectivity index (χ2v) is 11.1. The predicted molar refractivity (Wildman–Crippen MR) is 155 cm³/mol. The Bertz CT molecular complexity index is 1010. The Labute approximate surface area is 239 Å². The third kappa shape index (κ3) is 7.28. The van der Waals surface area contributed by atoms with Gasteiger partial charge in [0.1, 0.15) is 0 Å². The number of likely N-dealkylation sites (tertiary alicyclic amines) is 2. The highest BCUT2D eigenvalue weighted by molar-refractivity contribution is 5.86. The van der Waals surface area contributed by atoms with Gasteiger partial charge in [-0.15, -0.1) is 24.8 Å². The fourth-order valence-electron chi connectivity index (χ4n) is 6.40. The number of aromatic nitrogens is 1. The molecular formula is C30H42Cl2N4O2. The van der Waals surface area contributed by atoms with E-state index in [4.69, 9.17) is 0 Å². The lowest BCUT2D eigenvalue weighted by molar-refractivity contribution is -0.139. The molecule has 1 aliphatic carbocycles. The van der Waals surface area contributed by atoms with E-state index in [1.54, 1.807) is 6.20 Å². The molecule has 1 N–H and O–H groups in total. The van der Waals surface area contributed by atoms with E-state index in [9.17, 15) is 9.59 Å². The van der Waals surface area contributed by atoms with E-state index in [0.717, 1.165) is 70.3 Å². The second kappa shape index (κ2) is 14.3. The minimum absolute atomic E-state index is 0. The van der Waals surface area contributed by atoms with Crippen molar-refractivity contribution in [1.29, 1.82) is 0 Å². The van der Waals surface area contributed by atoms with Crippen molar-refractivity contribution in [2.75, 3.05) is 26.2 Å². The lowest BCUT2D eigenvalue weighted by Crippen LogP contribution is -2.45. The fraction of sp³-hybridized carbons (Fsp3) is 0.567. The highest BCUT2D eigenvalue weighted by Gasteiger charge is 2.47. The largest absolute Gasteiger partial charge is 0.349 e. The number of halogens is 2. The fourth-order valence-corrected chi connectivity index (χ4v) is 6.40. The molecule has 1 aromatic heterocycles. The summed E-state index contributed by atoms with van der Waals surface area (Å²) in [4.78, 5) is 35.1. The van der Waals surface area contributed by atoms with Gasteiger partial charge >= 0.3 is 0 Å². The Morgan fingerprint density at radius 2 is 1.68 bits per heavy atom. The molecule has 1 aromatic carbocycles. The summed E-state index contributed by atoms with van der Waals surface area (Å²) < 4.78 is 0. The van der Waals surface area contributed by atoms with Crippen LogP contribution in [0.15, 0.2) is 54.9 Å². The first kappa shape index (κ1) is 30.4. The van der Waals surface area contributed by atoms with Crippen LogP contribution < -0.4 is 5.32 Å². The number of amides is 2. The number of benzene rings is 1. The van der Waals surface area contributed by atoms with E-state index in [0.29, 0.717) is 12.5 Å². The summed E-state index contributed by atoms with van der Waals surface area (Å²) in [5, 5.41) is 3.40. The average molecular weight is 562 g/mol. The van der Waals surface area contributed by atoms with Crippen molar-refractivity contribution < 1.29 is 9.59 Å². The van der Waals surface area contributed by atoms with Gasteiger partial charge < -0.3 is 15.1 Å². The van der Waals surface area contributed by atoms with Gasteiger partial charge in [0, 0.05) is 37.9 Å². The molecule has 1 unspecified atom stereocenters. The first-order valence-corrected chi connectivity index (χ1v) is 13.9. The summed E-state index contributed by atoms with van der Waals surface area (Å²) in [7, 11) is 0. The van der Waals surface area contributed by atoms with Gasteiger partial charge in [0.2, 0.25) is 11.8 Å². The van der Waals surface area contributed by atoms with Gasteiger partial charge in [0.05, 0.1) is 11.5 Å². The summed E-state index contributed by atoms with van der Waals surface area (Å²) in [6.07, 6.45) is 13.0. The van der Waals surface area contributed by atoms with Crippen LogP contribution >= 0.6 is 24.8 Å². The van der Waals surface area contributed by atoms with Crippen LogP contribution in [-0.4, -0.2) is 52.8 Å². The normalized spacial score (nSPS) is 20.4. The molecule has 8 heteroatoms. The predicted octanol–water partition coefficient (Wildman–Crippen LogP) is 5.57. The Morgan fingerprint density at radius 1 is 0.974 bits per heavy atom. The zero-order valence-corrected chi connectivity index (χ0v) is 23.9. The Kier molecular flexibility index (Phi) is 11.4. The minimum Gasteiger partial charge on any atom is -0.349 e. The van der Waals surface area contributed by atoms with E-state index in [1.165, 1.54) is 24.8 Å². The Morgan fingerprint density at radius 3 is 2.37 bits per heavy atom. The van der Waals surface area contributed by atoms with E-state index >= 15 is 0 Å². The van der Waals surface area contributed by atoms with Crippen molar-refractivity contribution in [1.82, 2.24) is 20.1 Å². The smallest absolute Gasteiger partial charge is 0.229 e. The monoisotopic (exact) mass is 560 g/mol. The van der Waals surface area contributed by atoms with Crippen LogP contribution in [-0.2, 0) is 16.1 Å². The van der Waals surface area contributed by atoms with Gasteiger partial charge in [0.25, 0.3) is 0 Å². The number of rotatable bonds is 8. The molecule has 38 heavy (non-hydrogen) atoms. The summed E-state index contributed by atoms with van der Waals surface area (Å²) in [6.45, 7) is 4.35. The van der Waals surface area contributed by atoms with Gasteiger partial charge in [-0.25, -0.2) is 0 Å². The van der Waals surface area contributed by atoms with Gasteiger partial charge in [-0.05, 0) is 68.8 Å². The third-order valence-electron chi connectivity index (χ3n) is 8.74. The van der Waals surface area contributed by atoms with Gasteiger partial charge in [0.15, 0.2) is 0 Å². The molecule has 0 radical (unpaired) electrons. The van der Waals surface area contributed by atoms with Crippen LogP contribution in [0.5, 0.6) is 0 Å². The summed E-state index contributed by atoms with van der Waals surface area (Å²) in [5.41, 5.74) is 2.10. The molecule has 1 saturated carbocycles. The van der Waals surface area contributed by atoms with Crippen molar-refractivity contribution >= 4 is 36.6 Å². The maximum Gasteiger partial charge on any atom is 0.229 e.